The van der Waals surface area contributed by atoms with Gasteiger partial charge < -0.3 is 29.0 Å². The van der Waals surface area contributed by atoms with Crippen molar-refractivity contribution >= 4 is 52.8 Å². The van der Waals surface area contributed by atoms with Crippen LogP contribution in [-0.4, -0.2) is 54.3 Å². The van der Waals surface area contributed by atoms with Crippen molar-refractivity contribution in [2.45, 2.75) is 70.6 Å². The van der Waals surface area contributed by atoms with E-state index in [0.29, 0.717) is 38.9 Å². The fourth-order valence-corrected chi connectivity index (χ4v) is 7.40. The highest BCUT2D eigenvalue weighted by Crippen LogP contribution is 2.41. The zero-order valence-corrected chi connectivity index (χ0v) is 35.2. The van der Waals surface area contributed by atoms with E-state index in [0.717, 1.165) is 38.9 Å². The molecule has 0 fully saturated rings. The van der Waals surface area contributed by atoms with Crippen molar-refractivity contribution in [3.63, 3.8) is 0 Å². The van der Waals surface area contributed by atoms with Crippen LogP contribution in [0, 0.1) is 0 Å². The lowest BCUT2D eigenvalue weighted by molar-refractivity contribution is -0.145. The Morgan fingerprint density at radius 2 is 1.47 bits per heavy atom. The first-order valence-corrected chi connectivity index (χ1v) is 20.2. The maximum atomic E-state index is 14.2. The standard InChI is InChI=1S/C46H43Cl3N2O8/c1-46(2,3)59-45(54)51-24-33-23-41-40(57-26-42(58-41)31-12-16-35(17-13-31)56-25-28-7-18-36(48)37(49)19-28)22-32(33)21-39(51)43(52)50-38(44(53)55-4)20-27-5-8-29(9-6-27)30-10-14-34(47)15-11-30/h5-19,22-23,38-39,42H,20-21,24-26H2,1-4H3,(H,50,52)/t38-,39?,42+/m0/s1. The molecule has 1 unspecified atom stereocenters. The zero-order chi connectivity index (χ0) is 41.8. The molecule has 306 valence electrons. The van der Waals surface area contributed by atoms with E-state index in [1.807, 2.05) is 91.0 Å². The summed E-state index contributed by atoms with van der Waals surface area (Å²) >= 11 is 18.2. The number of carbonyl (C=O) groups excluding carboxylic acids is 3. The van der Waals surface area contributed by atoms with Crippen LogP contribution in [0.25, 0.3) is 11.1 Å². The number of nitrogens with zero attached hydrogens (tertiary/aromatic N) is 1. The fourth-order valence-electron chi connectivity index (χ4n) is 6.95. The van der Waals surface area contributed by atoms with Crippen molar-refractivity contribution in [2.75, 3.05) is 13.7 Å². The summed E-state index contributed by atoms with van der Waals surface area (Å²) in [6, 6.07) is 29.8. The van der Waals surface area contributed by atoms with Crippen molar-refractivity contribution in [1.82, 2.24) is 10.2 Å². The molecule has 2 aliphatic heterocycles. The highest BCUT2D eigenvalue weighted by molar-refractivity contribution is 6.42. The number of rotatable bonds is 10. The van der Waals surface area contributed by atoms with Gasteiger partial charge in [-0.1, -0.05) is 89.4 Å². The molecule has 3 atom stereocenters. The second kappa shape index (κ2) is 17.8. The van der Waals surface area contributed by atoms with Gasteiger partial charge in [0.25, 0.3) is 0 Å². The van der Waals surface area contributed by atoms with E-state index >= 15 is 0 Å². The Labute approximate surface area is 358 Å². The third-order valence-corrected chi connectivity index (χ3v) is 11.0. The minimum Gasteiger partial charge on any atom is -0.489 e. The second-order valence-electron chi connectivity index (χ2n) is 15.4. The van der Waals surface area contributed by atoms with Gasteiger partial charge in [-0.05, 0) is 108 Å². The molecule has 5 aromatic carbocycles. The van der Waals surface area contributed by atoms with Crippen LogP contribution >= 0.6 is 34.8 Å². The van der Waals surface area contributed by atoms with Crippen molar-refractivity contribution in [2.24, 2.45) is 0 Å². The molecular weight excluding hydrogens is 815 g/mol. The van der Waals surface area contributed by atoms with Crippen LogP contribution in [0.15, 0.2) is 103 Å². The third-order valence-electron chi connectivity index (χ3n) is 10.0. The lowest BCUT2D eigenvalue weighted by atomic mass is 9.92. The molecule has 2 heterocycles. The van der Waals surface area contributed by atoms with Gasteiger partial charge in [-0.3, -0.25) is 9.69 Å². The van der Waals surface area contributed by atoms with Gasteiger partial charge in [0.15, 0.2) is 17.6 Å². The van der Waals surface area contributed by atoms with Crippen molar-refractivity contribution in [3.05, 3.63) is 146 Å². The maximum absolute atomic E-state index is 14.2. The molecule has 7 rings (SSSR count). The summed E-state index contributed by atoms with van der Waals surface area (Å²) in [4.78, 5) is 42.4. The molecule has 5 aromatic rings. The largest absolute Gasteiger partial charge is 0.489 e. The van der Waals surface area contributed by atoms with E-state index in [4.69, 9.17) is 58.5 Å². The number of esters is 1. The van der Waals surface area contributed by atoms with E-state index in [-0.39, 0.29) is 26.0 Å². The third kappa shape index (κ3) is 10.2. The lowest BCUT2D eigenvalue weighted by Crippen LogP contribution is -2.56. The van der Waals surface area contributed by atoms with E-state index in [9.17, 15) is 14.4 Å². The topological polar surface area (TPSA) is 113 Å². The molecular formula is C46H43Cl3N2O8. The summed E-state index contributed by atoms with van der Waals surface area (Å²) in [6.07, 6.45) is -0.750. The molecule has 0 radical (unpaired) electrons. The number of hydrogen-bond acceptors (Lipinski definition) is 8. The monoisotopic (exact) mass is 856 g/mol. The average Bonchev–Trinajstić information content (AvgIpc) is 3.22. The van der Waals surface area contributed by atoms with Gasteiger partial charge in [0.05, 0.1) is 23.7 Å². The average molecular weight is 858 g/mol. The maximum Gasteiger partial charge on any atom is 0.411 e. The van der Waals surface area contributed by atoms with Gasteiger partial charge in [0.1, 0.15) is 36.6 Å². The van der Waals surface area contributed by atoms with Crippen LogP contribution in [0.2, 0.25) is 15.1 Å². The predicted molar refractivity (Wildman–Crippen MR) is 226 cm³/mol. The summed E-state index contributed by atoms with van der Waals surface area (Å²) in [7, 11) is 1.27. The normalized spacial score (nSPS) is 16.4. The first-order chi connectivity index (χ1) is 28.2. The van der Waals surface area contributed by atoms with Crippen LogP contribution < -0.4 is 19.5 Å². The van der Waals surface area contributed by atoms with Gasteiger partial charge >= 0.3 is 12.1 Å². The molecule has 0 aromatic heterocycles. The number of halogens is 3. The van der Waals surface area contributed by atoms with Crippen LogP contribution in [0.5, 0.6) is 17.2 Å². The number of amides is 2. The van der Waals surface area contributed by atoms with Crippen molar-refractivity contribution in [1.29, 1.82) is 0 Å². The summed E-state index contributed by atoms with van der Waals surface area (Å²) in [5, 5.41) is 4.48. The Morgan fingerprint density at radius 1 is 0.814 bits per heavy atom. The lowest BCUT2D eigenvalue weighted by Gasteiger charge is -2.38. The SMILES string of the molecule is COC(=O)[C@H](Cc1ccc(-c2ccc(Cl)cc2)cc1)NC(=O)C1Cc2cc3c(cc2CN1C(=O)OC(C)(C)C)O[C@@H](c1ccc(OCc2ccc(Cl)c(Cl)c2)cc1)CO3. The van der Waals surface area contributed by atoms with Gasteiger partial charge in [-0.2, -0.15) is 0 Å². The van der Waals surface area contributed by atoms with E-state index in [1.54, 1.807) is 32.9 Å². The first kappa shape index (κ1) is 41.7. The number of ether oxygens (including phenoxy) is 5. The Bertz CT molecular complexity index is 2330. The van der Waals surface area contributed by atoms with Crippen LogP contribution in [-0.2, 0) is 45.1 Å². The number of methoxy groups -OCH3 is 1. The second-order valence-corrected chi connectivity index (χ2v) is 16.7. The molecule has 0 aliphatic carbocycles. The molecule has 13 heteroatoms. The van der Waals surface area contributed by atoms with Crippen molar-refractivity contribution in [3.8, 4) is 28.4 Å². The van der Waals surface area contributed by atoms with E-state index in [2.05, 4.69) is 5.32 Å². The Morgan fingerprint density at radius 3 is 2.14 bits per heavy atom. The molecule has 2 amide bonds. The summed E-state index contributed by atoms with van der Waals surface area (Å²) < 4.78 is 29.5. The van der Waals surface area contributed by atoms with E-state index < -0.39 is 41.8 Å². The quantitative estimate of drug-likeness (QED) is 0.138. The van der Waals surface area contributed by atoms with Gasteiger partial charge in [0, 0.05) is 17.9 Å². The van der Waals surface area contributed by atoms with Crippen LogP contribution in [0.3, 0.4) is 0 Å². The molecule has 0 saturated heterocycles. The smallest absolute Gasteiger partial charge is 0.411 e. The number of benzene rings is 5. The summed E-state index contributed by atoms with van der Waals surface area (Å²) in [5.74, 6) is 0.586. The number of nitrogens with one attached hydrogen (secondary N) is 1. The zero-order valence-electron chi connectivity index (χ0n) is 32.9. The minimum absolute atomic E-state index is 0.0591. The molecule has 0 saturated carbocycles. The summed E-state index contributed by atoms with van der Waals surface area (Å²) in [6.45, 7) is 5.93. The van der Waals surface area contributed by atoms with Gasteiger partial charge in [-0.15, -0.1) is 0 Å². The Balaban J connectivity index is 1.06. The van der Waals surface area contributed by atoms with Crippen LogP contribution in [0.1, 0.15) is 54.7 Å². The fraction of sp³-hybridized carbons (Fsp3) is 0.283. The molecule has 10 nitrogen and oxygen atoms in total. The van der Waals surface area contributed by atoms with Crippen molar-refractivity contribution < 1.29 is 38.1 Å². The van der Waals surface area contributed by atoms with E-state index in [1.165, 1.54) is 12.0 Å². The Kier molecular flexibility index (Phi) is 12.6. The highest BCUT2D eigenvalue weighted by Gasteiger charge is 2.40. The molecule has 2 aliphatic rings. The molecule has 0 spiro atoms. The van der Waals surface area contributed by atoms with Crippen LogP contribution in [0.4, 0.5) is 4.79 Å². The highest BCUT2D eigenvalue weighted by atomic mass is 35.5. The molecule has 1 N–H and O–H groups in total. The number of hydrogen-bond donors (Lipinski definition) is 1. The Hall–Kier alpha value is -5.42. The van der Waals surface area contributed by atoms with Gasteiger partial charge in [0.2, 0.25) is 5.91 Å². The predicted octanol–water partition coefficient (Wildman–Crippen LogP) is 9.97. The minimum atomic E-state index is -1.02. The number of fused-ring (bicyclic) bond motifs is 2. The first-order valence-electron chi connectivity index (χ1n) is 19.1. The van der Waals surface area contributed by atoms with Gasteiger partial charge in [-0.25, -0.2) is 9.59 Å². The number of carbonyl (C=O) groups is 3. The summed E-state index contributed by atoms with van der Waals surface area (Å²) in [5.41, 5.74) is 5.32. The molecule has 0 bridgehead atoms. The molecule has 59 heavy (non-hydrogen) atoms.